The maximum Gasteiger partial charge on any atom is 0.340 e. The van der Waals surface area contributed by atoms with E-state index in [9.17, 15) is 9.59 Å². The summed E-state index contributed by atoms with van der Waals surface area (Å²) in [5, 5.41) is 11.5. The van der Waals surface area contributed by atoms with Crippen molar-refractivity contribution in [3.8, 4) is 0 Å². The predicted molar refractivity (Wildman–Crippen MR) is 56.1 cm³/mol. The number of anilines is 1. The van der Waals surface area contributed by atoms with Gasteiger partial charge in [0.15, 0.2) is 0 Å². The fourth-order valence-corrected chi connectivity index (χ4v) is 1.72. The zero-order valence-electron chi connectivity index (χ0n) is 8.27. The maximum atomic E-state index is 11.2. The number of nitrogens with one attached hydrogen (secondary N) is 1. The van der Waals surface area contributed by atoms with Gasteiger partial charge in [-0.05, 0) is 25.4 Å². The molecular weight excluding hydrogens is 218 g/mol. The molecule has 4 N–H and O–H groups in total. The van der Waals surface area contributed by atoms with Crippen molar-refractivity contribution in [3.05, 3.63) is 11.3 Å². The molecule has 0 aliphatic heterocycles. The standard InChI is InChI=1S/C8H11N3O3S/c1-3(9)6(12)10-7-5(8(13)14)4(2)11-15-7/h3H,9H2,1-2H3,(H,10,12)(H,13,14). The van der Waals surface area contributed by atoms with Gasteiger partial charge in [-0.15, -0.1) is 0 Å². The molecule has 0 aromatic carbocycles. The molecule has 0 saturated carbocycles. The van der Waals surface area contributed by atoms with Gasteiger partial charge < -0.3 is 16.2 Å². The van der Waals surface area contributed by atoms with Gasteiger partial charge in [0.2, 0.25) is 5.91 Å². The number of hydrogen-bond donors (Lipinski definition) is 3. The van der Waals surface area contributed by atoms with E-state index < -0.39 is 17.9 Å². The van der Waals surface area contributed by atoms with Gasteiger partial charge >= 0.3 is 5.97 Å². The minimum absolute atomic E-state index is 0.0222. The van der Waals surface area contributed by atoms with Crippen LogP contribution >= 0.6 is 11.5 Å². The van der Waals surface area contributed by atoms with Crippen LogP contribution in [0.2, 0.25) is 0 Å². The second kappa shape index (κ2) is 4.37. The van der Waals surface area contributed by atoms with E-state index in [4.69, 9.17) is 10.8 Å². The zero-order valence-corrected chi connectivity index (χ0v) is 9.09. The van der Waals surface area contributed by atoms with Crippen molar-refractivity contribution in [1.82, 2.24) is 4.37 Å². The lowest BCUT2D eigenvalue weighted by Crippen LogP contribution is -2.32. The Labute approximate surface area is 90.3 Å². The Bertz CT molecular complexity index is 400. The molecule has 0 fully saturated rings. The Balaban J connectivity index is 2.96. The van der Waals surface area contributed by atoms with Crippen molar-refractivity contribution in [2.45, 2.75) is 19.9 Å². The molecule has 1 atom stereocenters. The van der Waals surface area contributed by atoms with Crippen LogP contribution in [0.1, 0.15) is 23.0 Å². The molecule has 1 aromatic rings. The lowest BCUT2D eigenvalue weighted by Gasteiger charge is -2.05. The summed E-state index contributed by atoms with van der Waals surface area (Å²) in [5.41, 5.74) is 5.75. The van der Waals surface area contributed by atoms with Gasteiger partial charge in [-0.3, -0.25) is 4.79 Å². The van der Waals surface area contributed by atoms with E-state index in [-0.39, 0.29) is 10.6 Å². The summed E-state index contributed by atoms with van der Waals surface area (Å²) in [5.74, 6) is -1.54. The third kappa shape index (κ3) is 2.51. The molecule has 1 unspecified atom stereocenters. The average Bonchev–Trinajstić information content (AvgIpc) is 2.46. The summed E-state index contributed by atoms with van der Waals surface area (Å²) >= 11 is 0.932. The number of carbonyl (C=O) groups is 2. The fourth-order valence-electron chi connectivity index (χ4n) is 0.933. The summed E-state index contributed by atoms with van der Waals surface area (Å²) in [7, 11) is 0. The van der Waals surface area contributed by atoms with E-state index in [2.05, 4.69) is 9.69 Å². The van der Waals surface area contributed by atoms with E-state index in [1.807, 2.05) is 0 Å². The molecule has 1 aromatic heterocycles. The van der Waals surface area contributed by atoms with Crippen molar-refractivity contribution in [2.24, 2.45) is 5.73 Å². The Kier molecular flexibility index (Phi) is 3.38. The molecular formula is C8H11N3O3S. The SMILES string of the molecule is Cc1nsc(NC(=O)C(C)N)c1C(=O)O. The summed E-state index contributed by atoms with van der Waals surface area (Å²) in [6.07, 6.45) is 0. The second-order valence-corrected chi connectivity index (χ2v) is 3.83. The number of carboxylic acids is 1. The zero-order chi connectivity index (χ0) is 11.6. The van der Waals surface area contributed by atoms with Crippen LogP contribution in [-0.4, -0.2) is 27.4 Å². The quantitative estimate of drug-likeness (QED) is 0.697. The number of nitrogens with zero attached hydrogens (tertiary/aromatic N) is 1. The first kappa shape index (κ1) is 11.6. The monoisotopic (exact) mass is 229 g/mol. The van der Waals surface area contributed by atoms with Crippen molar-refractivity contribution in [3.63, 3.8) is 0 Å². The molecule has 6 nitrogen and oxygen atoms in total. The van der Waals surface area contributed by atoms with Gasteiger partial charge in [-0.2, -0.15) is 4.37 Å². The second-order valence-electron chi connectivity index (χ2n) is 3.06. The number of hydrogen-bond acceptors (Lipinski definition) is 5. The van der Waals surface area contributed by atoms with Gasteiger partial charge in [-0.25, -0.2) is 4.79 Å². The summed E-state index contributed by atoms with van der Waals surface area (Å²) in [4.78, 5) is 22.1. The summed E-state index contributed by atoms with van der Waals surface area (Å²) in [6.45, 7) is 3.09. The minimum Gasteiger partial charge on any atom is -0.478 e. The largest absolute Gasteiger partial charge is 0.478 e. The molecule has 15 heavy (non-hydrogen) atoms. The van der Waals surface area contributed by atoms with Crippen LogP contribution in [0, 0.1) is 6.92 Å². The molecule has 0 aliphatic rings. The fraction of sp³-hybridized carbons (Fsp3) is 0.375. The molecule has 0 saturated heterocycles. The molecule has 7 heteroatoms. The number of aromatic nitrogens is 1. The number of aryl methyl sites for hydroxylation is 1. The number of carboxylic acid groups (broad SMARTS) is 1. The van der Waals surface area contributed by atoms with Gasteiger partial charge in [0.1, 0.15) is 10.6 Å². The van der Waals surface area contributed by atoms with Crippen LogP contribution in [0.5, 0.6) is 0 Å². The van der Waals surface area contributed by atoms with Gasteiger partial charge in [0.25, 0.3) is 0 Å². The van der Waals surface area contributed by atoms with Crippen molar-refractivity contribution < 1.29 is 14.7 Å². The third-order valence-corrected chi connectivity index (χ3v) is 2.58. The molecule has 1 amide bonds. The average molecular weight is 229 g/mol. The Morgan fingerprint density at radius 1 is 1.60 bits per heavy atom. The number of nitrogens with two attached hydrogens (primary N) is 1. The number of amides is 1. The molecule has 0 spiro atoms. The lowest BCUT2D eigenvalue weighted by atomic mass is 10.2. The van der Waals surface area contributed by atoms with E-state index in [1.54, 1.807) is 6.92 Å². The van der Waals surface area contributed by atoms with E-state index >= 15 is 0 Å². The van der Waals surface area contributed by atoms with E-state index in [0.717, 1.165) is 11.5 Å². The molecule has 0 radical (unpaired) electrons. The first-order valence-electron chi connectivity index (χ1n) is 4.19. The first-order chi connectivity index (χ1) is 6.93. The van der Waals surface area contributed by atoms with E-state index in [0.29, 0.717) is 5.69 Å². The highest BCUT2D eigenvalue weighted by molar-refractivity contribution is 7.11. The van der Waals surface area contributed by atoms with Crippen LogP contribution in [0.15, 0.2) is 0 Å². The van der Waals surface area contributed by atoms with Crippen LogP contribution in [-0.2, 0) is 4.79 Å². The highest BCUT2D eigenvalue weighted by Crippen LogP contribution is 2.24. The highest BCUT2D eigenvalue weighted by Gasteiger charge is 2.20. The normalized spacial score (nSPS) is 12.2. The molecule has 1 rings (SSSR count). The smallest absolute Gasteiger partial charge is 0.340 e. The van der Waals surface area contributed by atoms with Crippen molar-refractivity contribution in [2.75, 3.05) is 5.32 Å². The molecule has 0 aliphatic carbocycles. The van der Waals surface area contributed by atoms with Crippen molar-refractivity contribution >= 4 is 28.4 Å². The maximum absolute atomic E-state index is 11.2. The predicted octanol–water partition coefficient (Wildman–Crippen LogP) is 0.435. The van der Waals surface area contributed by atoms with Crippen LogP contribution in [0.3, 0.4) is 0 Å². The minimum atomic E-state index is -1.11. The third-order valence-electron chi connectivity index (χ3n) is 1.73. The van der Waals surface area contributed by atoms with Gasteiger partial charge in [0.05, 0.1) is 11.7 Å². The molecule has 1 heterocycles. The first-order valence-corrected chi connectivity index (χ1v) is 4.96. The van der Waals surface area contributed by atoms with E-state index in [1.165, 1.54) is 6.92 Å². The van der Waals surface area contributed by atoms with Crippen LogP contribution in [0.25, 0.3) is 0 Å². The summed E-state index contributed by atoms with van der Waals surface area (Å²) < 4.78 is 3.86. The van der Waals surface area contributed by atoms with Crippen LogP contribution < -0.4 is 11.1 Å². The number of aromatic carboxylic acids is 1. The van der Waals surface area contributed by atoms with Gasteiger partial charge in [0, 0.05) is 0 Å². The Morgan fingerprint density at radius 2 is 2.20 bits per heavy atom. The molecule has 82 valence electrons. The Hall–Kier alpha value is -1.47. The Morgan fingerprint density at radius 3 is 2.67 bits per heavy atom. The van der Waals surface area contributed by atoms with Crippen LogP contribution in [0.4, 0.5) is 5.00 Å². The number of carbonyl (C=O) groups excluding carboxylic acids is 1. The topological polar surface area (TPSA) is 105 Å². The highest BCUT2D eigenvalue weighted by atomic mass is 32.1. The number of rotatable bonds is 3. The summed E-state index contributed by atoms with van der Waals surface area (Å²) in [6, 6.07) is -0.686. The van der Waals surface area contributed by atoms with Crippen molar-refractivity contribution in [1.29, 1.82) is 0 Å². The van der Waals surface area contributed by atoms with Gasteiger partial charge in [-0.1, -0.05) is 0 Å². The lowest BCUT2D eigenvalue weighted by molar-refractivity contribution is -0.117. The molecule has 0 bridgehead atoms.